The topological polar surface area (TPSA) is 12.0 Å². The molecule has 0 radical (unpaired) electrons. The average molecular weight is 225 g/mol. The number of hydrogen-bond acceptors (Lipinski definition) is 1. The Balaban J connectivity index is 1.97. The lowest BCUT2D eigenvalue weighted by Crippen LogP contribution is -2.20. The van der Waals surface area contributed by atoms with Gasteiger partial charge in [0, 0.05) is 12.6 Å². The van der Waals surface area contributed by atoms with Crippen molar-refractivity contribution in [2.24, 2.45) is 0 Å². The van der Waals surface area contributed by atoms with Crippen molar-refractivity contribution >= 4 is 0 Å². The molecule has 0 spiro atoms. The first-order chi connectivity index (χ1) is 8.40. The molecule has 1 atom stereocenters. The van der Waals surface area contributed by atoms with Crippen LogP contribution in [0, 0.1) is 0 Å². The van der Waals surface area contributed by atoms with Crippen LogP contribution in [0.5, 0.6) is 0 Å². The second-order valence-electron chi connectivity index (χ2n) is 4.24. The summed E-state index contributed by atoms with van der Waals surface area (Å²) in [4.78, 5) is 0. The molecule has 0 bridgehead atoms. The van der Waals surface area contributed by atoms with E-state index in [1.165, 1.54) is 11.1 Å². The minimum atomic E-state index is 0.441. The van der Waals surface area contributed by atoms with Crippen LogP contribution in [0.3, 0.4) is 0 Å². The molecule has 88 valence electrons. The van der Waals surface area contributed by atoms with Gasteiger partial charge in [-0.1, -0.05) is 67.6 Å². The third-order valence-corrected chi connectivity index (χ3v) is 3.01. The van der Waals surface area contributed by atoms with Gasteiger partial charge in [-0.2, -0.15) is 0 Å². The molecule has 0 saturated carbocycles. The molecule has 1 N–H and O–H groups in total. The van der Waals surface area contributed by atoms with Crippen LogP contribution in [0.2, 0.25) is 0 Å². The summed E-state index contributed by atoms with van der Waals surface area (Å²) in [5, 5.41) is 3.60. The van der Waals surface area contributed by atoms with Crippen LogP contribution in [0.25, 0.3) is 0 Å². The minimum absolute atomic E-state index is 0.441. The third-order valence-electron chi connectivity index (χ3n) is 3.01. The highest BCUT2D eigenvalue weighted by Crippen LogP contribution is 2.16. The number of rotatable bonds is 5. The van der Waals surface area contributed by atoms with E-state index < -0.39 is 0 Å². The molecule has 0 aliphatic carbocycles. The Morgan fingerprint density at radius 1 is 0.882 bits per heavy atom. The minimum Gasteiger partial charge on any atom is -0.306 e. The Hall–Kier alpha value is -1.60. The molecule has 0 aliphatic heterocycles. The van der Waals surface area contributed by atoms with Crippen LogP contribution in [-0.4, -0.2) is 0 Å². The predicted molar refractivity (Wildman–Crippen MR) is 72.8 cm³/mol. The maximum Gasteiger partial charge on any atom is 0.0320 e. The summed E-state index contributed by atoms with van der Waals surface area (Å²) in [6, 6.07) is 21.6. The number of nitrogens with one attached hydrogen (secondary N) is 1. The fourth-order valence-electron chi connectivity index (χ4n) is 2.02. The summed E-state index contributed by atoms with van der Waals surface area (Å²) in [6.45, 7) is 3.14. The smallest absolute Gasteiger partial charge is 0.0320 e. The molecule has 2 aromatic carbocycles. The molecule has 2 aromatic rings. The highest BCUT2D eigenvalue weighted by atomic mass is 14.9. The Morgan fingerprint density at radius 3 is 2.06 bits per heavy atom. The summed E-state index contributed by atoms with van der Waals surface area (Å²) >= 11 is 0. The highest BCUT2D eigenvalue weighted by Gasteiger charge is 2.07. The lowest BCUT2D eigenvalue weighted by molar-refractivity contribution is 0.519. The van der Waals surface area contributed by atoms with Crippen molar-refractivity contribution in [3.63, 3.8) is 0 Å². The molecule has 0 aliphatic rings. The van der Waals surface area contributed by atoms with Gasteiger partial charge in [-0.15, -0.1) is 0 Å². The van der Waals surface area contributed by atoms with Crippen LogP contribution in [-0.2, 0) is 6.54 Å². The van der Waals surface area contributed by atoms with Gasteiger partial charge in [0.25, 0.3) is 0 Å². The molecule has 0 saturated heterocycles. The van der Waals surface area contributed by atoms with E-state index in [0.29, 0.717) is 6.04 Å². The Kier molecular flexibility index (Phi) is 4.34. The monoisotopic (exact) mass is 225 g/mol. The van der Waals surface area contributed by atoms with Gasteiger partial charge in [0.1, 0.15) is 0 Å². The van der Waals surface area contributed by atoms with Crippen molar-refractivity contribution in [3.05, 3.63) is 71.8 Å². The molecule has 1 unspecified atom stereocenters. The zero-order valence-electron chi connectivity index (χ0n) is 10.3. The second-order valence-corrected chi connectivity index (χ2v) is 4.24. The van der Waals surface area contributed by atoms with Crippen molar-refractivity contribution in [1.82, 2.24) is 5.32 Å². The van der Waals surface area contributed by atoms with E-state index >= 15 is 0 Å². The Morgan fingerprint density at radius 2 is 1.47 bits per heavy atom. The third kappa shape index (κ3) is 3.43. The first-order valence-electron chi connectivity index (χ1n) is 6.22. The number of benzene rings is 2. The van der Waals surface area contributed by atoms with Crippen molar-refractivity contribution in [2.45, 2.75) is 25.9 Å². The van der Waals surface area contributed by atoms with Gasteiger partial charge in [-0.25, -0.2) is 0 Å². The molecule has 2 rings (SSSR count). The van der Waals surface area contributed by atoms with Gasteiger partial charge < -0.3 is 5.32 Å². The molecular formula is C16H19N. The number of hydrogen-bond donors (Lipinski definition) is 1. The summed E-state index contributed by atoms with van der Waals surface area (Å²) < 4.78 is 0. The van der Waals surface area contributed by atoms with E-state index in [1.54, 1.807) is 0 Å². The largest absolute Gasteiger partial charge is 0.306 e. The van der Waals surface area contributed by atoms with E-state index in [2.05, 4.69) is 72.9 Å². The fourth-order valence-corrected chi connectivity index (χ4v) is 2.02. The molecule has 0 heterocycles. The average Bonchev–Trinajstić information content (AvgIpc) is 2.42. The maximum absolute atomic E-state index is 3.60. The predicted octanol–water partition coefficient (Wildman–Crippen LogP) is 3.93. The van der Waals surface area contributed by atoms with Crippen molar-refractivity contribution in [2.75, 3.05) is 0 Å². The van der Waals surface area contributed by atoms with E-state index in [1.807, 2.05) is 0 Å². The van der Waals surface area contributed by atoms with Crippen LogP contribution in [0.15, 0.2) is 60.7 Å². The molecule has 0 aromatic heterocycles. The maximum atomic E-state index is 3.60. The van der Waals surface area contributed by atoms with Gasteiger partial charge in [-0.05, 0) is 17.5 Å². The molecular weight excluding hydrogens is 206 g/mol. The van der Waals surface area contributed by atoms with Crippen molar-refractivity contribution < 1.29 is 0 Å². The van der Waals surface area contributed by atoms with E-state index in [9.17, 15) is 0 Å². The molecule has 1 nitrogen and oxygen atoms in total. The van der Waals surface area contributed by atoms with Crippen LogP contribution < -0.4 is 5.32 Å². The molecule has 0 amide bonds. The van der Waals surface area contributed by atoms with Gasteiger partial charge in [0.2, 0.25) is 0 Å². The first kappa shape index (κ1) is 11.9. The molecule has 1 heteroatoms. The van der Waals surface area contributed by atoms with Crippen LogP contribution in [0.1, 0.15) is 30.5 Å². The van der Waals surface area contributed by atoms with Gasteiger partial charge in [-0.3, -0.25) is 0 Å². The lowest BCUT2D eigenvalue weighted by Gasteiger charge is -2.17. The van der Waals surface area contributed by atoms with E-state index in [-0.39, 0.29) is 0 Å². The SMILES string of the molecule is CCC(NCc1ccccc1)c1ccccc1. The summed E-state index contributed by atoms with van der Waals surface area (Å²) in [5.41, 5.74) is 2.70. The summed E-state index contributed by atoms with van der Waals surface area (Å²) in [7, 11) is 0. The van der Waals surface area contributed by atoms with Crippen molar-refractivity contribution in [3.8, 4) is 0 Å². The van der Waals surface area contributed by atoms with Gasteiger partial charge >= 0.3 is 0 Å². The molecule has 17 heavy (non-hydrogen) atoms. The normalized spacial score (nSPS) is 12.3. The lowest BCUT2D eigenvalue weighted by atomic mass is 10.0. The molecule has 0 fully saturated rings. The van der Waals surface area contributed by atoms with Crippen LogP contribution >= 0.6 is 0 Å². The summed E-state index contributed by atoms with van der Waals surface area (Å²) in [6.07, 6.45) is 1.11. The zero-order chi connectivity index (χ0) is 11.9. The Bertz CT molecular complexity index is 422. The highest BCUT2D eigenvalue weighted by molar-refractivity contribution is 5.20. The first-order valence-corrected chi connectivity index (χ1v) is 6.22. The Labute approximate surface area is 103 Å². The van der Waals surface area contributed by atoms with E-state index in [0.717, 1.165) is 13.0 Å². The quantitative estimate of drug-likeness (QED) is 0.813. The van der Waals surface area contributed by atoms with Gasteiger partial charge in [0.15, 0.2) is 0 Å². The van der Waals surface area contributed by atoms with Crippen LogP contribution in [0.4, 0.5) is 0 Å². The van der Waals surface area contributed by atoms with E-state index in [4.69, 9.17) is 0 Å². The summed E-state index contributed by atoms with van der Waals surface area (Å²) in [5.74, 6) is 0. The second kappa shape index (κ2) is 6.21. The fraction of sp³-hybridized carbons (Fsp3) is 0.250. The zero-order valence-corrected chi connectivity index (χ0v) is 10.3. The van der Waals surface area contributed by atoms with Gasteiger partial charge in [0.05, 0.1) is 0 Å². The van der Waals surface area contributed by atoms with Crippen molar-refractivity contribution in [1.29, 1.82) is 0 Å². The standard InChI is InChI=1S/C16H19N/c1-2-16(15-11-7-4-8-12-15)17-13-14-9-5-3-6-10-14/h3-12,16-17H,2,13H2,1H3.